The van der Waals surface area contributed by atoms with Crippen molar-refractivity contribution in [3.05, 3.63) is 83.9 Å². The first-order valence-corrected chi connectivity index (χ1v) is 10.2. The molecule has 1 aliphatic rings. The van der Waals surface area contributed by atoms with E-state index in [2.05, 4.69) is 62.9 Å². The third-order valence-corrected chi connectivity index (χ3v) is 6.21. The van der Waals surface area contributed by atoms with E-state index in [1.165, 1.54) is 17.5 Å². The van der Waals surface area contributed by atoms with Crippen LogP contribution in [0.4, 0.5) is 0 Å². The van der Waals surface area contributed by atoms with Gasteiger partial charge in [0.15, 0.2) is 0 Å². The number of hydrogen-bond acceptors (Lipinski definition) is 3. The SMILES string of the molecule is CC1(C)CCC(c2ccc(O)cc2)(c2ccc(Oc3ccc(S)cc3)cc2)C1. The second-order valence-electron chi connectivity index (χ2n) is 8.59. The summed E-state index contributed by atoms with van der Waals surface area (Å²) in [5, 5.41) is 9.73. The van der Waals surface area contributed by atoms with Crippen LogP contribution in [0.5, 0.6) is 17.2 Å². The summed E-state index contributed by atoms with van der Waals surface area (Å²) >= 11 is 4.31. The van der Waals surface area contributed by atoms with Gasteiger partial charge in [-0.1, -0.05) is 38.1 Å². The number of thiol groups is 1. The summed E-state index contributed by atoms with van der Waals surface area (Å²) in [6.45, 7) is 4.69. The van der Waals surface area contributed by atoms with Crippen molar-refractivity contribution in [2.45, 2.75) is 43.4 Å². The first-order chi connectivity index (χ1) is 13.4. The van der Waals surface area contributed by atoms with E-state index >= 15 is 0 Å². The Kier molecular flexibility index (Phi) is 4.88. The standard InChI is InChI=1S/C25H26O2S/c1-24(2)15-16-25(17-24,18-3-7-20(26)8-4-18)19-5-9-21(10-6-19)27-22-11-13-23(28)14-12-22/h3-14,26,28H,15-17H2,1-2H3. The molecule has 0 heterocycles. The molecule has 0 saturated heterocycles. The van der Waals surface area contributed by atoms with Crippen molar-refractivity contribution in [1.29, 1.82) is 0 Å². The molecule has 1 unspecified atom stereocenters. The molecule has 144 valence electrons. The molecule has 2 nitrogen and oxygen atoms in total. The van der Waals surface area contributed by atoms with Gasteiger partial charge in [0.05, 0.1) is 0 Å². The molecule has 3 aromatic rings. The minimum Gasteiger partial charge on any atom is -0.508 e. The van der Waals surface area contributed by atoms with Gasteiger partial charge in [-0.05, 0) is 84.3 Å². The molecule has 3 aromatic carbocycles. The third kappa shape index (κ3) is 3.77. The molecule has 0 amide bonds. The lowest BCUT2D eigenvalue weighted by Crippen LogP contribution is -2.25. The molecule has 1 atom stereocenters. The average molecular weight is 391 g/mol. The molecular formula is C25H26O2S. The summed E-state index contributed by atoms with van der Waals surface area (Å²) in [6.07, 6.45) is 3.38. The molecular weight excluding hydrogens is 364 g/mol. The maximum atomic E-state index is 9.73. The van der Waals surface area contributed by atoms with Gasteiger partial charge in [0.1, 0.15) is 17.2 Å². The van der Waals surface area contributed by atoms with Gasteiger partial charge in [0.2, 0.25) is 0 Å². The van der Waals surface area contributed by atoms with Gasteiger partial charge in [-0.15, -0.1) is 12.6 Å². The van der Waals surface area contributed by atoms with Crippen molar-refractivity contribution in [3.8, 4) is 17.2 Å². The highest BCUT2D eigenvalue weighted by Crippen LogP contribution is 2.54. The minimum atomic E-state index is -0.0244. The van der Waals surface area contributed by atoms with Crippen LogP contribution >= 0.6 is 12.6 Å². The lowest BCUT2D eigenvalue weighted by atomic mass is 9.71. The summed E-state index contributed by atoms with van der Waals surface area (Å²) in [4.78, 5) is 0.919. The number of rotatable bonds is 4. The smallest absolute Gasteiger partial charge is 0.127 e. The topological polar surface area (TPSA) is 29.5 Å². The Balaban J connectivity index is 1.65. The fraction of sp³-hybridized carbons (Fsp3) is 0.280. The van der Waals surface area contributed by atoms with Gasteiger partial charge in [-0.2, -0.15) is 0 Å². The third-order valence-electron chi connectivity index (χ3n) is 5.91. The Bertz CT molecular complexity index is 943. The minimum absolute atomic E-state index is 0.0244. The zero-order chi connectivity index (χ0) is 19.8. The fourth-order valence-corrected chi connectivity index (χ4v) is 4.63. The molecule has 0 spiro atoms. The highest BCUT2D eigenvalue weighted by Gasteiger charge is 2.45. The van der Waals surface area contributed by atoms with E-state index in [0.717, 1.165) is 29.2 Å². The summed E-state index contributed by atoms with van der Waals surface area (Å²) in [6, 6.07) is 23.9. The van der Waals surface area contributed by atoms with Crippen LogP contribution in [0.1, 0.15) is 44.2 Å². The van der Waals surface area contributed by atoms with E-state index in [4.69, 9.17) is 4.74 Å². The predicted molar refractivity (Wildman–Crippen MR) is 117 cm³/mol. The van der Waals surface area contributed by atoms with Gasteiger partial charge in [0.25, 0.3) is 0 Å². The van der Waals surface area contributed by atoms with E-state index < -0.39 is 0 Å². The molecule has 0 radical (unpaired) electrons. The Labute approximate surface area is 172 Å². The maximum absolute atomic E-state index is 9.73. The van der Waals surface area contributed by atoms with Gasteiger partial charge in [-0.3, -0.25) is 0 Å². The van der Waals surface area contributed by atoms with Crippen LogP contribution < -0.4 is 4.74 Å². The zero-order valence-electron chi connectivity index (χ0n) is 16.4. The van der Waals surface area contributed by atoms with Crippen LogP contribution in [0.3, 0.4) is 0 Å². The van der Waals surface area contributed by atoms with E-state index in [0.29, 0.717) is 11.2 Å². The first kappa shape index (κ1) is 18.9. The number of phenols is 1. The predicted octanol–water partition coefficient (Wildman–Crippen LogP) is 6.97. The quantitative estimate of drug-likeness (QED) is 0.471. The normalized spacial score (nSPS) is 20.8. The van der Waals surface area contributed by atoms with Gasteiger partial charge in [-0.25, -0.2) is 0 Å². The number of ether oxygens (including phenoxy) is 1. The van der Waals surface area contributed by atoms with Crippen molar-refractivity contribution in [3.63, 3.8) is 0 Å². The van der Waals surface area contributed by atoms with Crippen molar-refractivity contribution < 1.29 is 9.84 Å². The highest BCUT2D eigenvalue weighted by atomic mass is 32.1. The van der Waals surface area contributed by atoms with Gasteiger partial charge in [0, 0.05) is 10.3 Å². The molecule has 0 bridgehead atoms. The van der Waals surface area contributed by atoms with Crippen LogP contribution in [-0.4, -0.2) is 5.11 Å². The van der Waals surface area contributed by atoms with Crippen molar-refractivity contribution >= 4 is 12.6 Å². The second kappa shape index (κ2) is 7.21. The van der Waals surface area contributed by atoms with Crippen molar-refractivity contribution in [1.82, 2.24) is 0 Å². The number of benzene rings is 3. The van der Waals surface area contributed by atoms with Gasteiger partial charge >= 0.3 is 0 Å². The monoisotopic (exact) mass is 390 g/mol. The summed E-state index contributed by atoms with van der Waals surface area (Å²) in [5.74, 6) is 1.95. The molecule has 0 aromatic heterocycles. The maximum Gasteiger partial charge on any atom is 0.127 e. The molecule has 1 fully saturated rings. The molecule has 1 N–H and O–H groups in total. The summed E-state index contributed by atoms with van der Waals surface area (Å²) in [7, 11) is 0. The fourth-order valence-electron chi connectivity index (χ4n) is 4.48. The number of phenolic OH excluding ortho intramolecular Hbond substituents is 1. The largest absolute Gasteiger partial charge is 0.508 e. The zero-order valence-corrected chi connectivity index (χ0v) is 17.2. The van der Waals surface area contributed by atoms with E-state index in [9.17, 15) is 5.11 Å². The lowest BCUT2D eigenvalue weighted by Gasteiger charge is -2.32. The van der Waals surface area contributed by atoms with E-state index in [1.54, 1.807) is 12.1 Å². The molecule has 4 rings (SSSR count). The Morgan fingerprint density at radius 3 is 1.75 bits per heavy atom. The molecule has 28 heavy (non-hydrogen) atoms. The van der Waals surface area contributed by atoms with Crippen molar-refractivity contribution in [2.24, 2.45) is 5.41 Å². The van der Waals surface area contributed by atoms with Crippen molar-refractivity contribution in [2.75, 3.05) is 0 Å². The molecule has 0 aliphatic heterocycles. The summed E-state index contributed by atoms with van der Waals surface area (Å²) in [5.41, 5.74) is 2.85. The number of aromatic hydroxyl groups is 1. The van der Waals surface area contributed by atoms with E-state index in [-0.39, 0.29) is 5.41 Å². The molecule has 1 aliphatic carbocycles. The van der Waals surface area contributed by atoms with E-state index in [1.807, 2.05) is 24.3 Å². The van der Waals surface area contributed by atoms with Crippen LogP contribution in [0.25, 0.3) is 0 Å². The highest BCUT2D eigenvalue weighted by molar-refractivity contribution is 7.80. The Hall–Kier alpha value is -2.39. The van der Waals surface area contributed by atoms with Crippen LogP contribution in [-0.2, 0) is 5.41 Å². The average Bonchev–Trinajstić information content (AvgIpc) is 3.01. The Morgan fingerprint density at radius 2 is 1.25 bits per heavy atom. The summed E-state index contributed by atoms with van der Waals surface area (Å²) < 4.78 is 5.98. The van der Waals surface area contributed by atoms with Crippen LogP contribution in [0.2, 0.25) is 0 Å². The second-order valence-corrected chi connectivity index (χ2v) is 9.11. The van der Waals surface area contributed by atoms with Crippen LogP contribution in [0.15, 0.2) is 77.7 Å². The van der Waals surface area contributed by atoms with Gasteiger partial charge < -0.3 is 9.84 Å². The Morgan fingerprint density at radius 1 is 0.750 bits per heavy atom. The first-order valence-electron chi connectivity index (χ1n) is 9.73. The molecule has 3 heteroatoms. The number of hydrogen-bond donors (Lipinski definition) is 2. The lowest BCUT2D eigenvalue weighted by molar-refractivity contribution is 0.356. The molecule has 1 saturated carbocycles. The van der Waals surface area contributed by atoms with Crippen LogP contribution in [0, 0.1) is 5.41 Å².